The largest absolute Gasteiger partial charge is 0.494 e. The number of fused-ring (bicyclic) bond motifs is 1. The van der Waals surface area contributed by atoms with Crippen molar-refractivity contribution in [1.29, 1.82) is 0 Å². The molecule has 4 aromatic rings. The molecule has 4 rings (SSSR count). The number of hydrogen-bond donors (Lipinski definition) is 1. The maximum Gasteiger partial charge on any atom is 0.267 e. The van der Waals surface area contributed by atoms with Gasteiger partial charge in [0.25, 0.3) is 5.56 Å². The van der Waals surface area contributed by atoms with E-state index in [-0.39, 0.29) is 17.1 Å². The number of nitrogens with zero attached hydrogens (tertiary/aromatic N) is 3. The molecule has 0 aliphatic carbocycles. The molecule has 0 saturated heterocycles. The minimum absolute atomic E-state index is 0.185. The Balaban J connectivity index is 1.99. The molecule has 0 saturated carbocycles. The van der Waals surface area contributed by atoms with Crippen molar-refractivity contribution in [3.8, 4) is 11.7 Å². The maximum absolute atomic E-state index is 13.9. The molecule has 2 aromatic heterocycles. The van der Waals surface area contributed by atoms with Gasteiger partial charge in [-0.05, 0) is 30.3 Å². The fraction of sp³-hybridized carbons (Fsp3) is 0. The van der Waals surface area contributed by atoms with Gasteiger partial charge >= 0.3 is 0 Å². The zero-order valence-electron chi connectivity index (χ0n) is 14.4. The van der Waals surface area contributed by atoms with Crippen LogP contribution in [-0.4, -0.2) is 20.9 Å². The average Bonchev–Trinajstić information content (AvgIpc) is 2.71. The highest BCUT2D eigenvalue weighted by molar-refractivity contribution is 6.02. The predicted octanol–water partition coefficient (Wildman–Crippen LogP) is 4.12. The van der Waals surface area contributed by atoms with E-state index in [9.17, 15) is 18.7 Å². The Kier molecular flexibility index (Phi) is 4.41. The number of aliphatic imine (C=N–C) groups is 1. The second-order valence-corrected chi connectivity index (χ2v) is 5.97. The van der Waals surface area contributed by atoms with Crippen LogP contribution in [0.25, 0.3) is 16.6 Å². The number of halogens is 2. The van der Waals surface area contributed by atoms with Gasteiger partial charge in [0.05, 0.1) is 5.56 Å². The Hall–Kier alpha value is -3.87. The summed E-state index contributed by atoms with van der Waals surface area (Å²) < 4.78 is 28.3. The summed E-state index contributed by atoms with van der Waals surface area (Å²) in [5.74, 6) is -1.52. The zero-order chi connectivity index (χ0) is 19.7. The van der Waals surface area contributed by atoms with Gasteiger partial charge in [0, 0.05) is 29.3 Å². The summed E-state index contributed by atoms with van der Waals surface area (Å²) in [5.41, 5.74) is -0.496. The lowest BCUT2D eigenvalue weighted by Crippen LogP contribution is -2.20. The van der Waals surface area contributed by atoms with Crippen LogP contribution in [0.3, 0.4) is 0 Å². The number of aromatic hydroxyl groups is 1. The molecular formula is C21H13F2N3O2. The molecule has 0 bridgehead atoms. The standard InChI is InChI=1S/C21H13F2N3O2/c22-13-8-9-17(23)18(11-13)25-12-16-14-5-1-2-6-15(14)20(27)26(21(16)28)19-7-3-4-10-24-19/h1-12,28H. The van der Waals surface area contributed by atoms with Crippen molar-refractivity contribution in [2.75, 3.05) is 0 Å². The number of benzene rings is 2. The molecule has 0 fully saturated rings. The molecule has 5 nitrogen and oxygen atoms in total. The lowest BCUT2D eigenvalue weighted by atomic mass is 10.1. The lowest BCUT2D eigenvalue weighted by molar-refractivity contribution is 0.435. The van der Waals surface area contributed by atoms with Gasteiger partial charge < -0.3 is 5.11 Å². The lowest BCUT2D eigenvalue weighted by Gasteiger charge is -2.12. The van der Waals surface area contributed by atoms with E-state index < -0.39 is 23.1 Å². The van der Waals surface area contributed by atoms with E-state index in [0.717, 1.165) is 22.8 Å². The van der Waals surface area contributed by atoms with Crippen LogP contribution in [0.2, 0.25) is 0 Å². The Labute approximate surface area is 157 Å². The van der Waals surface area contributed by atoms with E-state index in [1.165, 1.54) is 12.4 Å². The third kappa shape index (κ3) is 3.03. The Bertz CT molecular complexity index is 1270. The summed E-state index contributed by atoms with van der Waals surface area (Å²) in [6.07, 6.45) is 2.70. The third-order valence-corrected chi connectivity index (χ3v) is 4.22. The molecule has 0 aliphatic rings. The fourth-order valence-corrected chi connectivity index (χ4v) is 2.91. The van der Waals surface area contributed by atoms with Crippen LogP contribution in [0.4, 0.5) is 14.5 Å². The number of rotatable bonds is 3. The summed E-state index contributed by atoms with van der Waals surface area (Å²) in [5, 5.41) is 11.5. The molecule has 0 aliphatic heterocycles. The SMILES string of the molecule is O=c1c2ccccc2c(C=Nc2cc(F)ccc2F)c(O)n1-c1ccccn1. The highest BCUT2D eigenvalue weighted by atomic mass is 19.1. The van der Waals surface area contributed by atoms with E-state index in [0.29, 0.717) is 10.8 Å². The van der Waals surface area contributed by atoms with E-state index in [4.69, 9.17) is 0 Å². The molecule has 0 radical (unpaired) electrons. The van der Waals surface area contributed by atoms with Gasteiger partial charge in [0.2, 0.25) is 5.88 Å². The highest BCUT2D eigenvalue weighted by Gasteiger charge is 2.17. The van der Waals surface area contributed by atoms with Crippen LogP contribution in [0.5, 0.6) is 5.88 Å². The van der Waals surface area contributed by atoms with Crippen molar-refractivity contribution in [2.45, 2.75) is 0 Å². The molecule has 0 spiro atoms. The van der Waals surface area contributed by atoms with Gasteiger partial charge in [-0.1, -0.05) is 24.3 Å². The molecular weight excluding hydrogens is 364 g/mol. The highest BCUT2D eigenvalue weighted by Crippen LogP contribution is 2.26. The van der Waals surface area contributed by atoms with Crippen LogP contribution in [0.1, 0.15) is 5.56 Å². The monoisotopic (exact) mass is 377 g/mol. The van der Waals surface area contributed by atoms with Crippen LogP contribution in [0.15, 0.2) is 76.6 Å². The quantitative estimate of drug-likeness (QED) is 0.546. The minimum Gasteiger partial charge on any atom is -0.494 e. The molecule has 1 N–H and O–H groups in total. The van der Waals surface area contributed by atoms with Crippen molar-refractivity contribution in [3.05, 3.63) is 94.4 Å². The molecule has 2 heterocycles. The van der Waals surface area contributed by atoms with Gasteiger partial charge in [0.1, 0.15) is 23.1 Å². The van der Waals surface area contributed by atoms with E-state index >= 15 is 0 Å². The first-order chi connectivity index (χ1) is 13.6. The van der Waals surface area contributed by atoms with Crippen molar-refractivity contribution in [2.24, 2.45) is 4.99 Å². The molecule has 7 heteroatoms. The van der Waals surface area contributed by atoms with Crippen molar-refractivity contribution < 1.29 is 13.9 Å². The summed E-state index contributed by atoms with van der Waals surface area (Å²) >= 11 is 0. The Morgan fingerprint density at radius 3 is 2.50 bits per heavy atom. The van der Waals surface area contributed by atoms with E-state index in [1.807, 2.05) is 0 Å². The zero-order valence-corrected chi connectivity index (χ0v) is 14.4. The summed E-state index contributed by atoms with van der Waals surface area (Å²) in [4.78, 5) is 21.0. The van der Waals surface area contributed by atoms with Gasteiger partial charge in [0.15, 0.2) is 0 Å². The van der Waals surface area contributed by atoms with Gasteiger partial charge in [-0.15, -0.1) is 0 Å². The predicted molar refractivity (Wildman–Crippen MR) is 103 cm³/mol. The van der Waals surface area contributed by atoms with Crippen molar-refractivity contribution in [3.63, 3.8) is 0 Å². The second kappa shape index (κ2) is 7.03. The number of aromatic nitrogens is 2. The van der Waals surface area contributed by atoms with E-state index in [1.54, 1.807) is 42.5 Å². The third-order valence-electron chi connectivity index (χ3n) is 4.22. The van der Waals surface area contributed by atoms with Crippen LogP contribution in [0, 0.1) is 11.6 Å². The number of hydrogen-bond acceptors (Lipinski definition) is 4. The smallest absolute Gasteiger partial charge is 0.267 e. The van der Waals surface area contributed by atoms with Crippen LogP contribution >= 0.6 is 0 Å². The molecule has 138 valence electrons. The van der Waals surface area contributed by atoms with Crippen LogP contribution in [-0.2, 0) is 0 Å². The summed E-state index contributed by atoms with van der Waals surface area (Å²) in [7, 11) is 0. The topological polar surface area (TPSA) is 67.5 Å². The molecule has 0 atom stereocenters. The van der Waals surface area contributed by atoms with Gasteiger partial charge in [-0.3, -0.25) is 9.79 Å². The van der Waals surface area contributed by atoms with Crippen molar-refractivity contribution in [1.82, 2.24) is 9.55 Å². The first kappa shape index (κ1) is 17.5. The summed E-state index contributed by atoms with van der Waals surface area (Å²) in [6, 6.07) is 14.5. The fourth-order valence-electron chi connectivity index (χ4n) is 2.91. The number of pyridine rings is 2. The van der Waals surface area contributed by atoms with Gasteiger partial charge in [-0.25, -0.2) is 18.3 Å². The molecule has 2 aromatic carbocycles. The average molecular weight is 377 g/mol. The first-order valence-corrected chi connectivity index (χ1v) is 8.33. The minimum atomic E-state index is -0.709. The van der Waals surface area contributed by atoms with Crippen LogP contribution < -0.4 is 5.56 Å². The molecule has 0 unspecified atom stereocenters. The Morgan fingerprint density at radius 1 is 1.00 bits per heavy atom. The molecule has 0 amide bonds. The first-order valence-electron chi connectivity index (χ1n) is 8.33. The summed E-state index contributed by atoms with van der Waals surface area (Å²) in [6.45, 7) is 0. The Morgan fingerprint density at radius 2 is 1.75 bits per heavy atom. The maximum atomic E-state index is 13.9. The molecule has 28 heavy (non-hydrogen) atoms. The van der Waals surface area contributed by atoms with E-state index in [2.05, 4.69) is 9.98 Å². The van der Waals surface area contributed by atoms with Crippen molar-refractivity contribution >= 4 is 22.7 Å². The van der Waals surface area contributed by atoms with Gasteiger partial charge in [-0.2, -0.15) is 0 Å². The normalized spacial score (nSPS) is 11.4. The second-order valence-electron chi connectivity index (χ2n) is 5.97.